The highest BCUT2D eigenvalue weighted by molar-refractivity contribution is 5.15. The first kappa shape index (κ1) is 6.38. The van der Waals surface area contributed by atoms with E-state index in [0.29, 0.717) is 6.04 Å². The molecule has 0 aromatic heterocycles. The quantitative estimate of drug-likeness (QED) is 0.495. The van der Waals surface area contributed by atoms with Crippen LogP contribution in [0, 0.1) is 0 Å². The lowest BCUT2D eigenvalue weighted by Gasteiger charge is -2.28. The molecule has 0 aromatic rings. The summed E-state index contributed by atoms with van der Waals surface area (Å²) in [7, 11) is 0. The maximum absolute atomic E-state index is 4.33. The molecule has 1 N–H and O–H groups in total. The molecule has 10 heavy (non-hydrogen) atoms. The summed E-state index contributed by atoms with van der Waals surface area (Å²) in [5, 5.41) is 0. The summed E-state index contributed by atoms with van der Waals surface area (Å²) in [6.07, 6.45) is 7.58. The fourth-order valence-corrected chi connectivity index (χ4v) is 1.74. The van der Waals surface area contributed by atoms with Crippen LogP contribution >= 0.6 is 0 Å². The highest BCUT2D eigenvalue weighted by Gasteiger charge is 2.20. The van der Waals surface area contributed by atoms with Gasteiger partial charge in [0.2, 0.25) is 0 Å². The fourth-order valence-electron chi connectivity index (χ4n) is 1.74. The first-order valence-corrected chi connectivity index (χ1v) is 4.08. The van der Waals surface area contributed by atoms with Crippen molar-refractivity contribution in [2.24, 2.45) is 0 Å². The maximum atomic E-state index is 4.33. The van der Waals surface area contributed by atoms with E-state index in [2.05, 4.69) is 16.9 Å². The Morgan fingerprint density at radius 1 is 1.50 bits per heavy atom. The minimum atomic E-state index is 0.530. The van der Waals surface area contributed by atoms with Crippen LogP contribution in [0.1, 0.15) is 25.7 Å². The number of rotatable bonds is 0. The van der Waals surface area contributed by atoms with Crippen molar-refractivity contribution in [3.8, 4) is 0 Å². The van der Waals surface area contributed by atoms with Gasteiger partial charge in [-0.1, -0.05) is 18.1 Å². The zero-order valence-corrected chi connectivity index (χ0v) is 6.14. The van der Waals surface area contributed by atoms with Crippen molar-refractivity contribution < 1.29 is 0 Å². The van der Waals surface area contributed by atoms with Crippen LogP contribution < -0.4 is 10.9 Å². The summed E-state index contributed by atoms with van der Waals surface area (Å²) in [4.78, 5) is 0. The molecule has 1 aliphatic heterocycles. The molecule has 1 heterocycles. The average molecular weight is 137 g/mol. The minimum absolute atomic E-state index is 0.530. The number of hydrogen-bond donors (Lipinski definition) is 1. The fraction of sp³-hybridized carbons (Fsp3) is 0.750. The van der Waals surface area contributed by atoms with Gasteiger partial charge in [-0.15, -0.1) is 0 Å². The van der Waals surface area contributed by atoms with Gasteiger partial charge in [-0.3, -0.25) is 0 Å². The van der Waals surface area contributed by atoms with E-state index in [4.69, 9.17) is 0 Å². The maximum Gasteiger partial charge on any atom is 0.0626 e. The molecule has 0 bridgehead atoms. The Bertz CT molecular complexity index is 151. The molecule has 1 atom stereocenters. The average Bonchev–Trinajstić information content (AvgIpc) is 2.05. The molecule has 1 saturated carbocycles. The molecule has 1 fully saturated rings. The summed E-state index contributed by atoms with van der Waals surface area (Å²) in [5.41, 5.74) is 8.94. The van der Waals surface area contributed by atoms with Gasteiger partial charge in [0, 0.05) is 6.54 Å². The van der Waals surface area contributed by atoms with Gasteiger partial charge in [0.15, 0.2) is 0 Å². The molecule has 0 saturated heterocycles. The highest BCUT2D eigenvalue weighted by Crippen LogP contribution is 2.24. The van der Waals surface area contributed by atoms with Crippen LogP contribution in [0.25, 0.3) is 0 Å². The van der Waals surface area contributed by atoms with Crippen molar-refractivity contribution in [1.82, 2.24) is 10.9 Å². The van der Waals surface area contributed by atoms with Crippen molar-refractivity contribution >= 4 is 0 Å². The number of hydrogen-bond acceptors (Lipinski definition) is 1. The third-order valence-electron chi connectivity index (χ3n) is 2.32. The SMILES string of the molecule is C1=C2CCCCC2[N]NC1. The Labute approximate surface area is 61.7 Å². The molecule has 55 valence electrons. The van der Waals surface area contributed by atoms with Gasteiger partial charge in [-0.25, -0.2) is 5.43 Å². The third-order valence-corrected chi connectivity index (χ3v) is 2.32. The van der Waals surface area contributed by atoms with Crippen LogP contribution in [0.2, 0.25) is 0 Å². The Morgan fingerprint density at radius 2 is 2.50 bits per heavy atom. The molecule has 2 aliphatic rings. The van der Waals surface area contributed by atoms with E-state index >= 15 is 0 Å². The van der Waals surface area contributed by atoms with E-state index in [0.717, 1.165) is 6.54 Å². The number of nitrogens with zero attached hydrogens (tertiary/aromatic N) is 1. The molecule has 2 rings (SSSR count). The van der Waals surface area contributed by atoms with Crippen molar-refractivity contribution in [2.75, 3.05) is 6.54 Å². The van der Waals surface area contributed by atoms with E-state index in [1.807, 2.05) is 0 Å². The van der Waals surface area contributed by atoms with Gasteiger partial charge in [-0.05, 0) is 19.3 Å². The lowest BCUT2D eigenvalue weighted by Crippen LogP contribution is -2.40. The van der Waals surface area contributed by atoms with Crippen LogP contribution in [0.5, 0.6) is 0 Å². The first-order valence-electron chi connectivity index (χ1n) is 4.08. The predicted octanol–water partition coefficient (Wildman–Crippen LogP) is 0.978. The predicted molar refractivity (Wildman–Crippen MR) is 40.5 cm³/mol. The van der Waals surface area contributed by atoms with Crippen LogP contribution in [-0.4, -0.2) is 12.6 Å². The minimum Gasteiger partial charge on any atom is -0.236 e. The number of nitrogens with one attached hydrogen (secondary N) is 1. The normalized spacial score (nSPS) is 32.8. The Morgan fingerprint density at radius 3 is 3.40 bits per heavy atom. The number of fused-ring (bicyclic) bond motifs is 1. The summed E-state index contributed by atoms with van der Waals surface area (Å²) in [6, 6.07) is 0.530. The van der Waals surface area contributed by atoms with Crippen LogP contribution in [0.15, 0.2) is 11.6 Å². The van der Waals surface area contributed by atoms with Crippen molar-refractivity contribution in [2.45, 2.75) is 31.7 Å². The second-order valence-corrected chi connectivity index (χ2v) is 3.03. The Kier molecular flexibility index (Phi) is 1.74. The summed E-state index contributed by atoms with van der Waals surface area (Å²) >= 11 is 0. The molecule has 2 nitrogen and oxygen atoms in total. The Balaban J connectivity index is 2.08. The summed E-state index contributed by atoms with van der Waals surface area (Å²) in [5.74, 6) is 0. The lowest BCUT2D eigenvalue weighted by atomic mass is 9.89. The van der Waals surface area contributed by atoms with Gasteiger partial charge in [-0.2, -0.15) is 5.43 Å². The van der Waals surface area contributed by atoms with Crippen molar-refractivity contribution in [3.05, 3.63) is 11.6 Å². The molecular formula is C8H13N2. The second kappa shape index (κ2) is 2.72. The molecule has 2 heteroatoms. The lowest BCUT2D eigenvalue weighted by molar-refractivity contribution is 0.381. The summed E-state index contributed by atoms with van der Waals surface area (Å²) < 4.78 is 0. The van der Waals surface area contributed by atoms with Crippen LogP contribution in [0.3, 0.4) is 0 Å². The largest absolute Gasteiger partial charge is 0.236 e. The molecule has 1 aliphatic carbocycles. The van der Waals surface area contributed by atoms with E-state index in [1.165, 1.54) is 25.7 Å². The van der Waals surface area contributed by atoms with Gasteiger partial charge in [0.1, 0.15) is 0 Å². The molecule has 1 unspecified atom stereocenters. The monoisotopic (exact) mass is 137 g/mol. The third kappa shape index (κ3) is 1.09. The zero-order chi connectivity index (χ0) is 6.81. The molecule has 0 amide bonds. The first-order chi connectivity index (χ1) is 4.97. The topological polar surface area (TPSA) is 26.1 Å². The standard InChI is InChI=1S/C8H13N2/c1-2-4-8-7(3-1)5-6-9-10-8/h5,8-9H,1-4,6H2. The van der Waals surface area contributed by atoms with Crippen molar-refractivity contribution in [1.29, 1.82) is 0 Å². The van der Waals surface area contributed by atoms with Gasteiger partial charge in [0.25, 0.3) is 0 Å². The zero-order valence-electron chi connectivity index (χ0n) is 6.14. The van der Waals surface area contributed by atoms with E-state index in [1.54, 1.807) is 5.57 Å². The van der Waals surface area contributed by atoms with Crippen LogP contribution in [0.4, 0.5) is 0 Å². The van der Waals surface area contributed by atoms with Gasteiger partial charge >= 0.3 is 0 Å². The highest BCUT2D eigenvalue weighted by atomic mass is 15.4. The summed E-state index contributed by atoms with van der Waals surface area (Å²) in [6.45, 7) is 0.950. The second-order valence-electron chi connectivity index (χ2n) is 3.03. The van der Waals surface area contributed by atoms with Gasteiger partial charge in [0.05, 0.1) is 6.04 Å². The van der Waals surface area contributed by atoms with E-state index in [-0.39, 0.29) is 0 Å². The van der Waals surface area contributed by atoms with Crippen molar-refractivity contribution in [3.63, 3.8) is 0 Å². The molecule has 0 aromatic carbocycles. The smallest absolute Gasteiger partial charge is 0.0626 e. The van der Waals surface area contributed by atoms with Gasteiger partial charge < -0.3 is 0 Å². The van der Waals surface area contributed by atoms with Crippen LogP contribution in [-0.2, 0) is 0 Å². The van der Waals surface area contributed by atoms with E-state index in [9.17, 15) is 0 Å². The molecule has 0 spiro atoms. The molecular weight excluding hydrogens is 124 g/mol. The Hall–Kier alpha value is -0.340. The van der Waals surface area contributed by atoms with E-state index < -0.39 is 0 Å². The molecule has 1 radical (unpaired) electrons.